The van der Waals surface area contributed by atoms with Gasteiger partial charge < -0.3 is 10.6 Å². The van der Waals surface area contributed by atoms with E-state index in [1.54, 1.807) is 17.8 Å². The summed E-state index contributed by atoms with van der Waals surface area (Å²) in [6.45, 7) is 5.89. The zero-order valence-corrected chi connectivity index (χ0v) is 19.1. The zero-order chi connectivity index (χ0) is 22.1. The minimum atomic E-state index is -0.392. The topological polar surface area (TPSA) is 71.1 Å². The number of thioether (sulfide) groups is 1. The molecule has 1 amide bonds. The van der Waals surface area contributed by atoms with Crippen LogP contribution < -0.4 is 10.6 Å². The number of hydrogen-bond donors (Lipinski definition) is 2. The van der Waals surface area contributed by atoms with Crippen molar-refractivity contribution < 1.29 is 9.59 Å². The van der Waals surface area contributed by atoms with Crippen LogP contribution >= 0.6 is 11.8 Å². The van der Waals surface area contributed by atoms with Crippen molar-refractivity contribution in [2.75, 3.05) is 11.6 Å². The van der Waals surface area contributed by atoms with Crippen LogP contribution in [0.5, 0.6) is 0 Å². The highest BCUT2D eigenvalue weighted by molar-refractivity contribution is 7.98. The lowest BCUT2D eigenvalue weighted by Crippen LogP contribution is -2.37. The number of anilines is 1. The highest BCUT2D eigenvalue weighted by Gasteiger charge is 2.39. The molecule has 0 bridgehead atoms. The lowest BCUT2D eigenvalue weighted by atomic mass is 9.73. The minimum Gasteiger partial charge on any atom is -0.362 e. The van der Waals surface area contributed by atoms with Crippen molar-refractivity contribution in [3.05, 3.63) is 76.3 Å². The number of Topliss-reactive ketones (excluding diaryl/α,β-unsaturated/α-hetero) is 1. The summed E-state index contributed by atoms with van der Waals surface area (Å²) in [4.78, 5) is 32.2. The average Bonchev–Trinajstić information content (AvgIpc) is 2.72. The molecule has 0 saturated heterocycles. The fraction of sp³-hybridized carbons (Fsp3) is 0.320. The molecule has 6 heteroatoms. The van der Waals surface area contributed by atoms with Crippen LogP contribution in [0, 0.1) is 12.8 Å². The van der Waals surface area contributed by atoms with Crippen molar-refractivity contribution in [1.29, 1.82) is 0 Å². The number of nitrogens with one attached hydrogen (secondary N) is 2. The minimum absolute atomic E-state index is 0.117. The second-order valence-corrected chi connectivity index (χ2v) is 9.20. The number of ketones is 1. The Morgan fingerprint density at radius 1 is 1.13 bits per heavy atom. The number of pyridine rings is 1. The van der Waals surface area contributed by atoms with Crippen molar-refractivity contribution in [3.8, 4) is 0 Å². The van der Waals surface area contributed by atoms with Gasteiger partial charge in [0, 0.05) is 45.5 Å². The normalized spacial score (nSPS) is 21.0. The number of aryl methyl sites for hydroxylation is 1. The second kappa shape index (κ2) is 8.71. The highest BCUT2D eigenvalue weighted by Crippen LogP contribution is 2.43. The quantitative estimate of drug-likeness (QED) is 0.667. The van der Waals surface area contributed by atoms with Gasteiger partial charge in [-0.1, -0.05) is 25.1 Å². The van der Waals surface area contributed by atoms with Crippen LogP contribution in [-0.4, -0.2) is 22.9 Å². The third kappa shape index (κ3) is 4.30. The summed E-state index contributed by atoms with van der Waals surface area (Å²) in [5.74, 6) is 0.284. The molecule has 2 N–H and O–H groups in total. The zero-order valence-electron chi connectivity index (χ0n) is 18.3. The predicted molar refractivity (Wildman–Crippen MR) is 125 cm³/mol. The maximum absolute atomic E-state index is 13.5. The van der Waals surface area contributed by atoms with Gasteiger partial charge in [-0.2, -0.15) is 0 Å². The van der Waals surface area contributed by atoms with Gasteiger partial charge in [-0.05, 0) is 62.3 Å². The number of aromatic nitrogens is 1. The molecule has 0 unspecified atom stereocenters. The van der Waals surface area contributed by atoms with Gasteiger partial charge in [0.1, 0.15) is 5.82 Å². The molecular formula is C25H27N3O2S. The van der Waals surface area contributed by atoms with Gasteiger partial charge in [-0.15, -0.1) is 11.8 Å². The Labute approximate surface area is 187 Å². The van der Waals surface area contributed by atoms with Crippen LogP contribution in [0.15, 0.2) is 69.9 Å². The van der Waals surface area contributed by atoms with Crippen LogP contribution in [0.1, 0.15) is 43.9 Å². The summed E-state index contributed by atoms with van der Waals surface area (Å²) >= 11 is 1.67. The van der Waals surface area contributed by atoms with E-state index in [4.69, 9.17) is 0 Å². The third-order valence-electron chi connectivity index (χ3n) is 5.86. The summed E-state index contributed by atoms with van der Waals surface area (Å²) in [5.41, 5.74) is 4.81. The Morgan fingerprint density at radius 2 is 1.87 bits per heavy atom. The smallest absolute Gasteiger partial charge is 0.255 e. The molecule has 2 aromatic rings. The number of carbonyl (C=O) groups is 2. The molecule has 1 aliphatic heterocycles. The van der Waals surface area contributed by atoms with E-state index in [1.165, 1.54) is 0 Å². The molecule has 0 saturated carbocycles. The largest absolute Gasteiger partial charge is 0.362 e. The molecular weight excluding hydrogens is 406 g/mol. The lowest BCUT2D eigenvalue weighted by molar-refractivity contribution is -0.117. The number of carbonyl (C=O) groups excluding carboxylic acids is 2. The number of amides is 1. The molecule has 0 fully saturated rings. The van der Waals surface area contributed by atoms with E-state index in [-0.39, 0.29) is 17.6 Å². The van der Waals surface area contributed by atoms with E-state index in [2.05, 4.69) is 22.5 Å². The number of allylic oxidation sites excluding steroid dienone is 3. The van der Waals surface area contributed by atoms with Crippen LogP contribution in [-0.2, 0) is 9.59 Å². The molecule has 1 aromatic carbocycles. The van der Waals surface area contributed by atoms with Crippen molar-refractivity contribution in [2.45, 2.75) is 44.4 Å². The Kier molecular flexibility index (Phi) is 6.01. The monoisotopic (exact) mass is 433 g/mol. The van der Waals surface area contributed by atoms with E-state index in [0.717, 1.165) is 39.5 Å². The van der Waals surface area contributed by atoms with Gasteiger partial charge in [0.25, 0.3) is 5.91 Å². The summed E-state index contributed by atoms with van der Waals surface area (Å²) in [7, 11) is 0. The van der Waals surface area contributed by atoms with Crippen molar-refractivity contribution in [3.63, 3.8) is 0 Å². The Hall–Kier alpha value is -2.86. The molecule has 1 aromatic heterocycles. The first-order valence-corrected chi connectivity index (χ1v) is 11.7. The SMILES string of the molecule is CSc1ccc([C@H]2C(C(=O)Nc3cccc(C)n3)=C(C)NC3=C2C(=O)C[C@@H](C)C3)cc1. The molecule has 4 rings (SSSR count). The number of dihydropyridines is 1. The summed E-state index contributed by atoms with van der Waals surface area (Å²) in [5, 5.41) is 6.32. The first-order chi connectivity index (χ1) is 14.9. The van der Waals surface area contributed by atoms with E-state index < -0.39 is 5.92 Å². The fourth-order valence-electron chi connectivity index (χ4n) is 4.46. The Bertz CT molecular complexity index is 1100. The van der Waals surface area contributed by atoms with Gasteiger partial charge in [0.2, 0.25) is 0 Å². The Balaban J connectivity index is 1.78. The van der Waals surface area contributed by atoms with Gasteiger partial charge in [-0.25, -0.2) is 4.98 Å². The average molecular weight is 434 g/mol. The van der Waals surface area contributed by atoms with Crippen LogP contribution in [0.4, 0.5) is 5.82 Å². The van der Waals surface area contributed by atoms with Gasteiger partial charge in [0.05, 0.1) is 0 Å². The van der Waals surface area contributed by atoms with E-state index in [0.29, 0.717) is 17.8 Å². The van der Waals surface area contributed by atoms with Crippen molar-refractivity contribution >= 4 is 29.3 Å². The molecule has 2 aliphatic rings. The standard InChI is InChI=1S/C25H27N3O2S/c1-14-12-19-24(20(29)13-14)23(17-8-10-18(31-4)11-9-17)22(16(3)27-19)25(30)28-21-7-5-6-15(2)26-21/h5-11,14,23,27H,12-13H2,1-4H3,(H,26,28,30)/t14-,23-/m0/s1. The summed E-state index contributed by atoms with van der Waals surface area (Å²) in [6, 6.07) is 13.7. The Morgan fingerprint density at radius 3 is 2.55 bits per heavy atom. The second-order valence-electron chi connectivity index (χ2n) is 8.32. The van der Waals surface area contributed by atoms with Gasteiger partial charge in [-0.3, -0.25) is 9.59 Å². The first kappa shape index (κ1) is 21.4. The summed E-state index contributed by atoms with van der Waals surface area (Å²) in [6.07, 6.45) is 3.35. The molecule has 2 heterocycles. The molecule has 0 radical (unpaired) electrons. The number of hydrogen-bond acceptors (Lipinski definition) is 5. The third-order valence-corrected chi connectivity index (χ3v) is 6.60. The van der Waals surface area contributed by atoms with Crippen LogP contribution in [0.2, 0.25) is 0 Å². The first-order valence-electron chi connectivity index (χ1n) is 10.5. The van der Waals surface area contributed by atoms with Gasteiger partial charge >= 0.3 is 0 Å². The van der Waals surface area contributed by atoms with E-state index in [9.17, 15) is 9.59 Å². The molecule has 1 aliphatic carbocycles. The summed E-state index contributed by atoms with van der Waals surface area (Å²) < 4.78 is 0. The predicted octanol–water partition coefficient (Wildman–Crippen LogP) is 4.96. The molecule has 31 heavy (non-hydrogen) atoms. The number of nitrogens with zero attached hydrogens (tertiary/aromatic N) is 1. The van der Waals surface area contributed by atoms with Gasteiger partial charge in [0.15, 0.2) is 5.78 Å². The molecule has 160 valence electrons. The van der Waals surface area contributed by atoms with Crippen molar-refractivity contribution in [1.82, 2.24) is 10.3 Å². The fourth-order valence-corrected chi connectivity index (χ4v) is 4.87. The maximum atomic E-state index is 13.5. The van der Waals surface area contributed by atoms with Crippen LogP contribution in [0.25, 0.3) is 0 Å². The highest BCUT2D eigenvalue weighted by atomic mass is 32.2. The van der Waals surface area contributed by atoms with Crippen molar-refractivity contribution in [2.24, 2.45) is 5.92 Å². The van der Waals surface area contributed by atoms with Crippen LogP contribution in [0.3, 0.4) is 0 Å². The number of benzene rings is 1. The molecule has 5 nitrogen and oxygen atoms in total. The molecule has 0 spiro atoms. The van der Waals surface area contributed by atoms with E-state index >= 15 is 0 Å². The van der Waals surface area contributed by atoms with E-state index in [1.807, 2.05) is 56.5 Å². The lowest BCUT2D eigenvalue weighted by Gasteiger charge is -2.36. The maximum Gasteiger partial charge on any atom is 0.255 e. The number of rotatable bonds is 4. The molecule has 2 atom stereocenters.